The molecule has 3 saturated heterocycles. The number of H-pyrrole nitrogens is 1. The molecular weight excluding hydrogens is 691 g/mol. The van der Waals surface area contributed by atoms with E-state index in [1.165, 1.54) is 12.5 Å². The van der Waals surface area contributed by atoms with E-state index in [0.717, 1.165) is 71.2 Å². The molecule has 0 radical (unpaired) electrons. The standard InChI is InChI=1S/C40H53FN8O5/c41-34-11-10-29(25-35-31-8-4-5-9-32(31)38(51)43-42-35)24-33(34)39(52)48-22-20-47(21-23-48)36(50)27-45-14-12-28(13-15-45)26-46-16-18-49(19-17-46)40(53)37(44-54)30-6-2-1-3-7-30/h4-5,8-11,24,28,30,37,44,54H,1-3,6-7,12-23,25-27H2,(H,43,51). The van der Waals surface area contributed by atoms with Crippen molar-refractivity contribution in [2.24, 2.45) is 11.8 Å². The molecule has 4 fully saturated rings. The Balaban J connectivity index is 0.829. The van der Waals surface area contributed by atoms with Crippen molar-refractivity contribution in [3.05, 3.63) is 75.5 Å². The number of hydrogen-bond acceptors (Lipinski definition) is 9. The van der Waals surface area contributed by atoms with Crippen LogP contribution in [-0.4, -0.2) is 142 Å². The molecule has 3 amide bonds. The maximum Gasteiger partial charge on any atom is 0.272 e. The largest absolute Gasteiger partial charge is 0.339 e. The summed E-state index contributed by atoms with van der Waals surface area (Å²) >= 11 is 0. The van der Waals surface area contributed by atoms with Crippen molar-refractivity contribution in [1.82, 2.24) is 40.2 Å². The van der Waals surface area contributed by atoms with Crippen LogP contribution in [-0.2, 0) is 16.0 Å². The van der Waals surface area contributed by atoms with Gasteiger partial charge in [0.25, 0.3) is 11.5 Å². The fraction of sp³-hybridized carbons (Fsp3) is 0.575. The first-order valence-electron chi connectivity index (χ1n) is 19.7. The van der Waals surface area contributed by atoms with Gasteiger partial charge in [-0.2, -0.15) is 10.6 Å². The molecule has 3 aliphatic heterocycles. The van der Waals surface area contributed by atoms with Gasteiger partial charge in [0.15, 0.2) is 0 Å². The van der Waals surface area contributed by atoms with Crippen molar-refractivity contribution in [2.45, 2.75) is 57.4 Å². The highest BCUT2D eigenvalue weighted by Gasteiger charge is 2.34. The Morgan fingerprint density at radius 3 is 2.19 bits per heavy atom. The van der Waals surface area contributed by atoms with Crippen molar-refractivity contribution in [1.29, 1.82) is 0 Å². The van der Waals surface area contributed by atoms with E-state index in [1.54, 1.807) is 29.2 Å². The lowest BCUT2D eigenvalue weighted by Gasteiger charge is -2.40. The minimum absolute atomic E-state index is 0.0125. The first-order valence-corrected chi connectivity index (χ1v) is 19.7. The zero-order chi connectivity index (χ0) is 37.6. The van der Waals surface area contributed by atoms with Crippen LogP contribution in [0, 0.1) is 17.7 Å². The first kappa shape index (κ1) is 38.1. The predicted molar refractivity (Wildman–Crippen MR) is 202 cm³/mol. The summed E-state index contributed by atoms with van der Waals surface area (Å²) in [5.74, 6) is -0.154. The van der Waals surface area contributed by atoms with Crippen LogP contribution in [0.15, 0.2) is 47.3 Å². The molecule has 14 heteroatoms. The van der Waals surface area contributed by atoms with Crippen LogP contribution in [0.4, 0.5) is 4.39 Å². The fourth-order valence-corrected chi connectivity index (χ4v) is 8.84. The molecule has 7 rings (SSSR count). The Morgan fingerprint density at radius 2 is 1.48 bits per heavy atom. The zero-order valence-corrected chi connectivity index (χ0v) is 31.1. The molecule has 4 aliphatic rings. The Hall–Kier alpha value is -4.24. The van der Waals surface area contributed by atoms with Gasteiger partial charge in [-0.3, -0.25) is 29.0 Å². The number of piperidine rings is 1. The number of piperazine rings is 2. The maximum atomic E-state index is 15.0. The molecule has 1 aromatic heterocycles. The number of halogens is 1. The first-order chi connectivity index (χ1) is 26.3. The molecule has 0 spiro atoms. The van der Waals surface area contributed by atoms with Gasteiger partial charge in [0.2, 0.25) is 11.8 Å². The van der Waals surface area contributed by atoms with E-state index >= 15 is 0 Å². The van der Waals surface area contributed by atoms with E-state index in [1.807, 2.05) is 21.9 Å². The van der Waals surface area contributed by atoms with Crippen LogP contribution in [0.2, 0.25) is 0 Å². The van der Waals surface area contributed by atoms with Gasteiger partial charge in [-0.05, 0) is 74.4 Å². The smallest absolute Gasteiger partial charge is 0.272 e. The topological polar surface area (TPSA) is 145 Å². The molecular formula is C40H53FN8O5. The summed E-state index contributed by atoms with van der Waals surface area (Å²) in [7, 11) is 0. The Morgan fingerprint density at radius 1 is 0.815 bits per heavy atom. The number of rotatable bonds is 10. The normalized spacial score (nSPS) is 20.4. The van der Waals surface area contributed by atoms with Gasteiger partial charge < -0.3 is 19.9 Å². The summed E-state index contributed by atoms with van der Waals surface area (Å²) in [4.78, 5) is 62.2. The van der Waals surface area contributed by atoms with Crippen LogP contribution < -0.4 is 11.0 Å². The molecule has 1 unspecified atom stereocenters. The number of benzene rings is 2. The third-order valence-electron chi connectivity index (χ3n) is 12.1. The molecule has 4 heterocycles. The van der Waals surface area contributed by atoms with Crippen LogP contribution in [0.1, 0.15) is 66.6 Å². The highest BCUT2D eigenvalue weighted by Crippen LogP contribution is 2.28. The number of likely N-dealkylation sites (tertiary alicyclic amines) is 1. The SMILES string of the molecule is O=C(CN1CCC(CN2CCN(C(=O)C(NO)C3CCCCC3)CC2)CC1)N1CCN(C(=O)c2cc(Cc3n[nH]c(=O)c4ccccc34)ccc2F)CC1. The van der Waals surface area contributed by atoms with E-state index in [2.05, 4.69) is 25.5 Å². The van der Waals surface area contributed by atoms with Crippen LogP contribution in [0.3, 0.4) is 0 Å². The number of carbonyl (C=O) groups excluding carboxylic acids is 3. The zero-order valence-electron chi connectivity index (χ0n) is 31.1. The molecule has 3 aromatic rings. The number of aromatic amines is 1. The lowest BCUT2D eigenvalue weighted by atomic mass is 9.83. The highest BCUT2D eigenvalue weighted by atomic mass is 19.1. The third kappa shape index (κ3) is 8.83. The second kappa shape index (κ2) is 17.5. The summed E-state index contributed by atoms with van der Waals surface area (Å²) in [5, 5.41) is 17.8. The van der Waals surface area contributed by atoms with Gasteiger partial charge in [0, 0.05) is 70.7 Å². The number of amides is 3. The number of carbonyl (C=O) groups is 3. The molecule has 0 bridgehead atoms. The number of hydrogen-bond donors (Lipinski definition) is 3. The lowest BCUT2D eigenvalue weighted by Crippen LogP contribution is -2.56. The number of hydroxylamine groups is 1. The number of fused-ring (bicyclic) bond motifs is 1. The molecule has 54 heavy (non-hydrogen) atoms. The number of aromatic nitrogens is 2. The van der Waals surface area contributed by atoms with Crippen molar-refractivity contribution < 1.29 is 24.0 Å². The monoisotopic (exact) mass is 744 g/mol. The average molecular weight is 745 g/mol. The fourth-order valence-electron chi connectivity index (χ4n) is 8.84. The van der Waals surface area contributed by atoms with Gasteiger partial charge in [-0.25, -0.2) is 9.49 Å². The van der Waals surface area contributed by atoms with Crippen LogP contribution in [0.25, 0.3) is 10.8 Å². The lowest BCUT2D eigenvalue weighted by molar-refractivity contribution is -0.140. The van der Waals surface area contributed by atoms with E-state index in [0.29, 0.717) is 80.2 Å². The number of nitrogens with zero attached hydrogens (tertiary/aromatic N) is 6. The summed E-state index contributed by atoms with van der Waals surface area (Å²) in [6, 6.07) is 11.2. The van der Waals surface area contributed by atoms with Gasteiger partial charge in [-0.15, -0.1) is 0 Å². The molecule has 1 aliphatic carbocycles. The Kier molecular flexibility index (Phi) is 12.3. The van der Waals surface area contributed by atoms with E-state index in [-0.39, 0.29) is 28.9 Å². The van der Waals surface area contributed by atoms with E-state index in [9.17, 15) is 28.8 Å². The molecule has 1 saturated carbocycles. The molecule has 1 atom stereocenters. The summed E-state index contributed by atoms with van der Waals surface area (Å²) in [6.45, 7) is 7.59. The van der Waals surface area contributed by atoms with Crippen LogP contribution >= 0.6 is 0 Å². The quantitative estimate of drug-likeness (QED) is 0.267. The van der Waals surface area contributed by atoms with Gasteiger partial charge >= 0.3 is 0 Å². The maximum absolute atomic E-state index is 15.0. The van der Waals surface area contributed by atoms with Crippen molar-refractivity contribution >= 4 is 28.5 Å². The Labute approximate surface area is 315 Å². The van der Waals surface area contributed by atoms with Crippen molar-refractivity contribution in [3.8, 4) is 0 Å². The van der Waals surface area contributed by atoms with Crippen molar-refractivity contribution in [3.63, 3.8) is 0 Å². The third-order valence-corrected chi connectivity index (χ3v) is 12.1. The molecule has 290 valence electrons. The van der Waals surface area contributed by atoms with E-state index in [4.69, 9.17) is 0 Å². The van der Waals surface area contributed by atoms with Gasteiger partial charge in [0.1, 0.15) is 11.9 Å². The second-order valence-electron chi connectivity index (χ2n) is 15.6. The van der Waals surface area contributed by atoms with Gasteiger partial charge in [-0.1, -0.05) is 43.5 Å². The Bertz CT molecular complexity index is 1840. The summed E-state index contributed by atoms with van der Waals surface area (Å²) < 4.78 is 15.0. The van der Waals surface area contributed by atoms with Gasteiger partial charge in [0.05, 0.1) is 23.2 Å². The molecule has 2 aromatic carbocycles. The predicted octanol–water partition coefficient (Wildman–Crippen LogP) is 2.72. The summed E-state index contributed by atoms with van der Waals surface area (Å²) in [6.07, 6.45) is 7.79. The second-order valence-corrected chi connectivity index (χ2v) is 15.6. The average Bonchev–Trinajstić information content (AvgIpc) is 3.21. The molecule has 13 nitrogen and oxygen atoms in total. The van der Waals surface area contributed by atoms with Crippen molar-refractivity contribution in [2.75, 3.05) is 78.5 Å². The van der Waals surface area contributed by atoms with Crippen LogP contribution in [0.5, 0.6) is 0 Å². The summed E-state index contributed by atoms with van der Waals surface area (Å²) in [5.41, 5.74) is 3.39. The number of nitrogens with one attached hydrogen (secondary N) is 2. The highest BCUT2D eigenvalue weighted by molar-refractivity contribution is 5.95. The van der Waals surface area contributed by atoms with E-state index < -0.39 is 17.8 Å². The minimum atomic E-state index is -0.596. The molecule has 3 N–H and O–H groups in total. The minimum Gasteiger partial charge on any atom is -0.339 e.